The first-order chi connectivity index (χ1) is 18.4. The van der Waals surface area contributed by atoms with Crippen LogP contribution in [0.25, 0.3) is 0 Å². The number of carbonyl (C=O) groups is 2. The molecule has 0 aromatic heterocycles. The Morgan fingerprint density at radius 3 is 1.55 bits per heavy atom. The minimum atomic E-state index is -2.67. The summed E-state index contributed by atoms with van der Waals surface area (Å²) < 4.78 is 24.7. The van der Waals surface area contributed by atoms with Crippen molar-refractivity contribution in [3.63, 3.8) is 0 Å². The SMILES string of the molecule is COc1cccc(OC)c1C(=O)[P+](=O)c1ccccc1C(=O)c1c(C(C)(C)C)cc(C(C)(C)C)cc1C(C)(C)C. The molecule has 6 heteroatoms. The van der Waals surface area contributed by atoms with Gasteiger partial charge < -0.3 is 9.47 Å². The zero-order valence-electron chi connectivity index (χ0n) is 25.7. The van der Waals surface area contributed by atoms with Gasteiger partial charge in [-0.25, -0.2) is 4.79 Å². The highest BCUT2D eigenvalue weighted by Crippen LogP contribution is 2.41. The highest BCUT2D eigenvalue weighted by Gasteiger charge is 2.41. The second kappa shape index (κ2) is 11.3. The monoisotopic (exact) mass is 561 g/mol. The van der Waals surface area contributed by atoms with Crippen LogP contribution >= 0.6 is 7.80 Å². The van der Waals surface area contributed by atoms with Crippen molar-refractivity contribution in [3.05, 3.63) is 88.0 Å². The Labute approximate surface area is 240 Å². The van der Waals surface area contributed by atoms with Gasteiger partial charge in [0.2, 0.25) is 5.30 Å². The van der Waals surface area contributed by atoms with Crippen LogP contribution in [0.5, 0.6) is 11.5 Å². The summed E-state index contributed by atoms with van der Waals surface area (Å²) in [6.45, 7) is 19.1. The molecule has 3 rings (SSSR count). The van der Waals surface area contributed by atoms with Gasteiger partial charge in [-0.2, -0.15) is 0 Å². The minimum absolute atomic E-state index is 0.0937. The summed E-state index contributed by atoms with van der Waals surface area (Å²) >= 11 is 0. The molecule has 0 saturated heterocycles. The summed E-state index contributed by atoms with van der Waals surface area (Å²) in [6, 6.07) is 15.9. The standard InChI is InChI=1S/C34H42O5P/c1-32(2,3)21-19-23(33(4,5)6)28(24(20-21)34(7,8)9)30(35)22-15-12-13-18-27(22)40(37)31(36)29-25(38-10)16-14-17-26(29)39-11/h12-20H,1-11H3/q+1. The molecule has 5 nitrogen and oxygen atoms in total. The van der Waals surface area contributed by atoms with Gasteiger partial charge in [0.25, 0.3) is 0 Å². The van der Waals surface area contributed by atoms with Crippen LogP contribution in [0.2, 0.25) is 0 Å². The van der Waals surface area contributed by atoms with Crippen LogP contribution in [-0.2, 0) is 20.8 Å². The van der Waals surface area contributed by atoms with Gasteiger partial charge in [-0.05, 0) is 57.2 Å². The molecule has 0 heterocycles. The van der Waals surface area contributed by atoms with E-state index in [0.717, 1.165) is 16.7 Å². The number of hydrogen-bond acceptors (Lipinski definition) is 5. The van der Waals surface area contributed by atoms with Crippen molar-refractivity contribution in [2.75, 3.05) is 14.2 Å². The first kappa shape index (κ1) is 31.2. The van der Waals surface area contributed by atoms with Crippen LogP contribution in [0.15, 0.2) is 54.6 Å². The molecule has 0 fully saturated rings. The van der Waals surface area contributed by atoms with Crippen molar-refractivity contribution in [2.24, 2.45) is 0 Å². The van der Waals surface area contributed by atoms with Crippen LogP contribution in [-0.4, -0.2) is 25.5 Å². The maximum absolute atomic E-state index is 14.6. The summed E-state index contributed by atoms with van der Waals surface area (Å²) in [5, 5.41) is 0.195. The first-order valence-corrected chi connectivity index (χ1v) is 14.7. The van der Waals surface area contributed by atoms with Crippen LogP contribution < -0.4 is 14.8 Å². The highest BCUT2D eigenvalue weighted by molar-refractivity contribution is 7.71. The van der Waals surface area contributed by atoms with Crippen molar-refractivity contribution in [3.8, 4) is 11.5 Å². The molecule has 40 heavy (non-hydrogen) atoms. The Morgan fingerprint density at radius 2 is 1.12 bits per heavy atom. The van der Waals surface area contributed by atoms with E-state index in [1.165, 1.54) is 14.2 Å². The minimum Gasteiger partial charge on any atom is -0.496 e. The predicted molar refractivity (Wildman–Crippen MR) is 164 cm³/mol. The van der Waals surface area contributed by atoms with Crippen molar-refractivity contribution < 1.29 is 23.6 Å². The van der Waals surface area contributed by atoms with Crippen molar-refractivity contribution in [1.29, 1.82) is 0 Å². The molecule has 0 N–H and O–H groups in total. The van der Waals surface area contributed by atoms with E-state index in [2.05, 4.69) is 74.4 Å². The molecule has 0 spiro atoms. The van der Waals surface area contributed by atoms with Crippen LogP contribution in [0, 0.1) is 0 Å². The number of carbonyl (C=O) groups excluding carboxylic acids is 2. The average Bonchev–Trinajstić information content (AvgIpc) is 2.88. The fourth-order valence-corrected chi connectivity index (χ4v) is 6.01. The van der Waals surface area contributed by atoms with Crippen molar-refractivity contribution in [2.45, 2.75) is 78.6 Å². The summed E-state index contributed by atoms with van der Waals surface area (Å²) in [4.78, 5) is 28.3. The Kier molecular flexibility index (Phi) is 8.82. The van der Waals surface area contributed by atoms with E-state index in [1.54, 1.807) is 42.5 Å². The van der Waals surface area contributed by atoms with Gasteiger partial charge in [-0.1, -0.05) is 97.2 Å². The number of hydrogen-bond donors (Lipinski definition) is 0. The Balaban J connectivity index is 2.30. The molecule has 0 bridgehead atoms. The molecule has 3 aromatic carbocycles. The third kappa shape index (κ3) is 6.20. The van der Waals surface area contributed by atoms with Gasteiger partial charge in [-0.15, -0.1) is 0 Å². The Bertz CT molecular complexity index is 1410. The van der Waals surface area contributed by atoms with E-state index < -0.39 is 13.3 Å². The number of methoxy groups -OCH3 is 2. The molecule has 0 saturated carbocycles. The third-order valence-corrected chi connectivity index (χ3v) is 8.46. The lowest BCUT2D eigenvalue weighted by atomic mass is 9.71. The number of benzene rings is 3. The van der Waals surface area contributed by atoms with Crippen LogP contribution in [0.3, 0.4) is 0 Å². The van der Waals surface area contributed by atoms with Gasteiger partial charge in [0.05, 0.1) is 19.8 Å². The van der Waals surface area contributed by atoms with Gasteiger partial charge in [0.1, 0.15) is 11.5 Å². The normalized spacial score (nSPS) is 12.6. The zero-order valence-corrected chi connectivity index (χ0v) is 26.6. The zero-order chi connectivity index (χ0) is 30.2. The molecule has 0 aliphatic heterocycles. The average molecular weight is 562 g/mol. The van der Waals surface area contributed by atoms with Crippen LogP contribution in [0.4, 0.5) is 0 Å². The van der Waals surface area contributed by atoms with E-state index in [-0.39, 0.29) is 50.0 Å². The maximum atomic E-state index is 14.6. The lowest BCUT2D eigenvalue weighted by molar-refractivity contribution is 0.103. The quantitative estimate of drug-likeness (QED) is 0.215. The molecule has 0 amide bonds. The van der Waals surface area contributed by atoms with Crippen LogP contribution in [0.1, 0.15) is 105 Å². The van der Waals surface area contributed by atoms with E-state index in [0.29, 0.717) is 5.56 Å². The number of rotatable bonds is 7. The van der Waals surface area contributed by atoms with Gasteiger partial charge in [0, 0.05) is 5.56 Å². The summed E-state index contributed by atoms with van der Waals surface area (Å²) in [5.41, 5.74) is 2.50. The molecule has 0 radical (unpaired) electrons. The number of ketones is 1. The maximum Gasteiger partial charge on any atom is 0.459 e. The van der Waals surface area contributed by atoms with E-state index in [4.69, 9.17) is 9.47 Å². The largest absolute Gasteiger partial charge is 0.496 e. The van der Waals surface area contributed by atoms with E-state index in [9.17, 15) is 14.2 Å². The molecular formula is C34H42O5P+. The fraction of sp³-hybridized carbons (Fsp3) is 0.412. The highest BCUT2D eigenvalue weighted by atomic mass is 31.1. The van der Waals surface area contributed by atoms with E-state index >= 15 is 0 Å². The smallest absolute Gasteiger partial charge is 0.459 e. The third-order valence-electron chi connectivity index (χ3n) is 7.04. The molecule has 1 atom stereocenters. The second-order valence-electron chi connectivity index (χ2n) is 13.2. The summed E-state index contributed by atoms with van der Waals surface area (Å²) in [6.07, 6.45) is 0. The topological polar surface area (TPSA) is 69.7 Å². The second-order valence-corrected chi connectivity index (χ2v) is 14.7. The van der Waals surface area contributed by atoms with Crippen molar-refractivity contribution >= 4 is 24.4 Å². The Hall–Kier alpha value is -3.30. The fourth-order valence-electron chi connectivity index (χ4n) is 4.75. The molecule has 3 aromatic rings. The summed E-state index contributed by atoms with van der Waals surface area (Å²) in [7, 11) is 0.217. The summed E-state index contributed by atoms with van der Waals surface area (Å²) in [5.74, 6) is 0.285. The van der Waals surface area contributed by atoms with Gasteiger partial charge in [-0.3, -0.25) is 4.79 Å². The first-order valence-electron chi connectivity index (χ1n) is 13.5. The predicted octanol–water partition coefficient (Wildman–Crippen LogP) is 8.12. The molecule has 0 aliphatic rings. The van der Waals surface area contributed by atoms with Crippen molar-refractivity contribution in [1.82, 2.24) is 0 Å². The number of ether oxygens (including phenoxy) is 2. The molecule has 212 valence electrons. The van der Waals surface area contributed by atoms with Gasteiger partial charge >= 0.3 is 13.3 Å². The molecule has 0 aliphatic carbocycles. The Morgan fingerprint density at radius 1 is 0.650 bits per heavy atom. The molecule has 1 unspecified atom stereocenters. The lowest BCUT2D eigenvalue weighted by Gasteiger charge is -2.33. The molecular weight excluding hydrogens is 519 g/mol. The van der Waals surface area contributed by atoms with Gasteiger partial charge in [0.15, 0.2) is 11.3 Å². The lowest BCUT2D eigenvalue weighted by Crippen LogP contribution is -2.28. The van der Waals surface area contributed by atoms with E-state index in [1.807, 2.05) is 0 Å².